The molecule has 4 aliphatic rings. The van der Waals surface area contributed by atoms with Gasteiger partial charge in [-0.2, -0.15) is 0 Å². The second-order valence-corrected chi connectivity index (χ2v) is 11.7. The smallest absolute Gasteiger partial charge is 0.127 e. The lowest BCUT2D eigenvalue weighted by Gasteiger charge is -2.43. The highest BCUT2D eigenvalue weighted by molar-refractivity contribution is 5.42. The first-order valence-corrected chi connectivity index (χ1v) is 12.2. The molecule has 3 saturated carbocycles. The molecule has 4 aliphatic carbocycles. The van der Waals surface area contributed by atoms with Crippen molar-refractivity contribution in [3.8, 4) is 11.8 Å². The van der Waals surface area contributed by atoms with E-state index in [4.69, 9.17) is 0 Å². The van der Waals surface area contributed by atoms with Crippen LogP contribution in [0.25, 0.3) is 0 Å². The molecule has 1 nitrogen and oxygen atoms in total. The summed E-state index contributed by atoms with van der Waals surface area (Å²) in [6, 6.07) is 0. The third-order valence-electron chi connectivity index (χ3n) is 8.09. The van der Waals surface area contributed by atoms with E-state index in [0.717, 1.165) is 24.8 Å². The first-order valence-electron chi connectivity index (χ1n) is 12.2. The Kier molecular flexibility index (Phi) is 5.89. The van der Waals surface area contributed by atoms with Crippen molar-refractivity contribution in [1.82, 2.24) is 0 Å². The van der Waals surface area contributed by atoms with Gasteiger partial charge in [-0.25, -0.2) is 4.39 Å². The minimum absolute atomic E-state index is 0.0656. The van der Waals surface area contributed by atoms with Crippen LogP contribution in [0.1, 0.15) is 85.5 Å². The molecule has 0 aromatic carbocycles. The Morgan fingerprint density at radius 1 is 1.26 bits per heavy atom. The number of fused-ring (bicyclic) bond motifs is 1. The number of hydrogen-bond donors (Lipinski definition) is 1. The van der Waals surface area contributed by atoms with Gasteiger partial charge in [-0.1, -0.05) is 48.8 Å². The second kappa shape index (κ2) is 8.08. The first-order chi connectivity index (χ1) is 14.5. The van der Waals surface area contributed by atoms with Crippen molar-refractivity contribution in [1.29, 1.82) is 0 Å². The normalized spacial score (nSPS) is 37.3. The van der Waals surface area contributed by atoms with Crippen LogP contribution in [0.5, 0.6) is 0 Å². The molecule has 0 heterocycles. The van der Waals surface area contributed by atoms with E-state index >= 15 is 0 Å². The van der Waals surface area contributed by atoms with Crippen LogP contribution in [0.15, 0.2) is 47.1 Å². The average Bonchev–Trinajstić information content (AvgIpc) is 3.35. The summed E-state index contributed by atoms with van der Waals surface area (Å²) in [6.45, 7) is 13.0. The number of hydrogen-bond acceptors (Lipinski definition) is 1. The maximum atomic E-state index is 14.1. The fourth-order valence-corrected chi connectivity index (χ4v) is 6.25. The van der Waals surface area contributed by atoms with E-state index in [-0.39, 0.29) is 17.3 Å². The standard InChI is InChI=1S/C29H39FO/c1-20-22(18-23(31)19-25(20)30)10-9-21-8-6-14-28(5)24(21)11-12-26(28)29(16-17-29)15-7-13-27(2,3)4/h9-10,12,23-25,31H,1,6,8,11,14-19H2,2-5H3/b21-9+,22-10-/t23?,24?,25-,28-/m0/s1. The van der Waals surface area contributed by atoms with E-state index in [0.29, 0.717) is 23.3 Å². The lowest BCUT2D eigenvalue weighted by Crippen LogP contribution is -2.33. The summed E-state index contributed by atoms with van der Waals surface area (Å²) < 4.78 is 14.1. The summed E-state index contributed by atoms with van der Waals surface area (Å²) in [7, 11) is 0. The molecular formula is C29H39FO. The molecule has 0 aromatic heterocycles. The van der Waals surface area contributed by atoms with Crippen LogP contribution >= 0.6 is 0 Å². The van der Waals surface area contributed by atoms with Crippen molar-refractivity contribution < 1.29 is 9.50 Å². The molecule has 31 heavy (non-hydrogen) atoms. The van der Waals surface area contributed by atoms with Gasteiger partial charge in [0.25, 0.3) is 0 Å². The zero-order chi connectivity index (χ0) is 22.4. The van der Waals surface area contributed by atoms with Crippen LogP contribution in [0.3, 0.4) is 0 Å². The maximum Gasteiger partial charge on any atom is 0.127 e. The highest BCUT2D eigenvalue weighted by atomic mass is 19.1. The monoisotopic (exact) mass is 422 g/mol. The molecule has 0 aromatic rings. The number of aliphatic hydroxyl groups is 1. The maximum absolute atomic E-state index is 14.1. The quantitative estimate of drug-likeness (QED) is 0.375. The Morgan fingerprint density at radius 3 is 2.68 bits per heavy atom. The number of halogens is 1. The molecule has 3 fully saturated rings. The van der Waals surface area contributed by atoms with Gasteiger partial charge < -0.3 is 5.11 Å². The Bertz CT molecular complexity index is 895. The molecule has 4 atom stereocenters. The van der Waals surface area contributed by atoms with E-state index < -0.39 is 12.3 Å². The van der Waals surface area contributed by atoms with Gasteiger partial charge in [0.2, 0.25) is 0 Å². The highest BCUT2D eigenvalue weighted by Crippen LogP contribution is 2.67. The number of aliphatic hydroxyl groups excluding tert-OH is 1. The predicted molar refractivity (Wildman–Crippen MR) is 127 cm³/mol. The molecular weight excluding hydrogens is 383 g/mol. The first kappa shape index (κ1) is 22.6. The molecule has 2 heteroatoms. The topological polar surface area (TPSA) is 20.2 Å². The Balaban J connectivity index is 1.54. The molecule has 168 valence electrons. The van der Waals surface area contributed by atoms with Gasteiger partial charge in [-0.15, -0.1) is 5.92 Å². The minimum Gasteiger partial charge on any atom is -0.393 e. The summed E-state index contributed by atoms with van der Waals surface area (Å²) in [5, 5.41) is 9.99. The summed E-state index contributed by atoms with van der Waals surface area (Å²) >= 11 is 0. The van der Waals surface area contributed by atoms with E-state index in [1.807, 2.05) is 0 Å². The lowest BCUT2D eigenvalue weighted by molar-refractivity contribution is 0.124. The molecule has 1 N–H and O–H groups in total. The summed E-state index contributed by atoms with van der Waals surface area (Å²) in [4.78, 5) is 0. The number of rotatable bonds is 3. The molecule has 0 saturated heterocycles. The Hall–Kier alpha value is -1.59. The highest BCUT2D eigenvalue weighted by Gasteiger charge is 2.56. The van der Waals surface area contributed by atoms with Gasteiger partial charge in [0, 0.05) is 23.7 Å². The summed E-state index contributed by atoms with van der Waals surface area (Å²) in [6.07, 6.45) is 14.1. The zero-order valence-electron chi connectivity index (χ0n) is 19.9. The molecule has 0 radical (unpaired) electrons. The molecule has 2 unspecified atom stereocenters. The van der Waals surface area contributed by atoms with Gasteiger partial charge in [0.15, 0.2) is 0 Å². The van der Waals surface area contributed by atoms with Crippen molar-refractivity contribution in [3.63, 3.8) is 0 Å². The van der Waals surface area contributed by atoms with E-state index in [9.17, 15) is 9.50 Å². The van der Waals surface area contributed by atoms with E-state index in [1.54, 1.807) is 5.57 Å². The van der Waals surface area contributed by atoms with Crippen molar-refractivity contribution in [3.05, 3.63) is 47.1 Å². The van der Waals surface area contributed by atoms with E-state index in [2.05, 4.69) is 64.3 Å². The van der Waals surface area contributed by atoms with Gasteiger partial charge in [-0.05, 0) is 88.2 Å². The van der Waals surface area contributed by atoms with Crippen LogP contribution in [0, 0.1) is 34.0 Å². The van der Waals surface area contributed by atoms with Crippen LogP contribution in [-0.4, -0.2) is 17.4 Å². The second-order valence-electron chi connectivity index (χ2n) is 11.7. The molecule has 0 amide bonds. The van der Waals surface area contributed by atoms with Crippen molar-refractivity contribution in [2.75, 3.05) is 0 Å². The number of allylic oxidation sites excluding steroid dienone is 6. The van der Waals surface area contributed by atoms with Crippen molar-refractivity contribution in [2.45, 2.75) is 97.8 Å². The van der Waals surface area contributed by atoms with E-state index in [1.165, 1.54) is 31.3 Å². The largest absolute Gasteiger partial charge is 0.393 e. The average molecular weight is 423 g/mol. The summed E-state index contributed by atoms with van der Waals surface area (Å²) in [5.41, 5.74) is 5.21. The molecule has 0 aliphatic heterocycles. The molecule has 0 spiro atoms. The fraction of sp³-hybridized carbons (Fsp3) is 0.655. The van der Waals surface area contributed by atoms with Crippen LogP contribution in [-0.2, 0) is 0 Å². The van der Waals surface area contributed by atoms with Crippen molar-refractivity contribution >= 4 is 0 Å². The number of alkyl halides is 1. The van der Waals surface area contributed by atoms with Gasteiger partial charge >= 0.3 is 0 Å². The molecule has 4 rings (SSSR count). The SMILES string of the molecule is C=C1/C(=C\C=C2/CCC[C@]3(C)C(C4(CC#CC(C)(C)C)CC4)=CCC23)CC(O)C[C@@H]1F. The van der Waals surface area contributed by atoms with Crippen LogP contribution in [0.2, 0.25) is 0 Å². The van der Waals surface area contributed by atoms with Gasteiger partial charge in [0.05, 0.1) is 6.10 Å². The van der Waals surface area contributed by atoms with Gasteiger partial charge in [-0.3, -0.25) is 0 Å². The zero-order valence-corrected chi connectivity index (χ0v) is 19.9. The van der Waals surface area contributed by atoms with Gasteiger partial charge in [0.1, 0.15) is 6.17 Å². The Labute approximate surface area is 188 Å². The minimum atomic E-state index is -1.12. The summed E-state index contributed by atoms with van der Waals surface area (Å²) in [5.74, 6) is 7.52. The third kappa shape index (κ3) is 4.49. The fourth-order valence-electron chi connectivity index (χ4n) is 6.25. The molecule has 0 bridgehead atoms. The third-order valence-corrected chi connectivity index (χ3v) is 8.09. The lowest BCUT2D eigenvalue weighted by atomic mass is 9.61. The Morgan fingerprint density at radius 2 is 2.00 bits per heavy atom. The van der Waals surface area contributed by atoms with Crippen molar-refractivity contribution in [2.24, 2.45) is 22.2 Å². The van der Waals surface area contributed by atoms with Crippen LogP contribution in [0.4, 0.5) is 4.39 Å². The predicted octanol–water partition coefficient (Wildman–Crippen LogP) is 7.24. The van der Waals surface area contributed by atoms with Crippen LogP contribution < -0.4 is 0 Å².